The first-order chi connectivity index (χ1) is 13.6. The van der Waals surface area contributed by atoms with Gasteiger partial charge in [0.05, 0.1) is 24.8 Å². The third-order valence-corrected chi connectivity index (χ3v) is 4.91. The number of aromatic nitrogens is 2. The Morgan fingerprint density at radius 2 is 1.75 bits per heavy atom. The lowest BCUT2D eigenvalue weighted by Crippen LogP contribution is -2.46. The van der Waals surface area contributed by atoms with Gasteiger partial charge in [-0.1, -0.05) is 24.3 Å². The SMILES string of the molecule is COc1ccc(CNc2nc(N3CC(C)OC(C)C3)nc3ccccc23)cc1. The van der Waals surface area contributed by atoms with Crippen molar-refractivity contribution in [3.63, 3.8) is 0 Å². The second kappa shape index (κ2) is 8.02. The number of fused-ring (bicyclic) bond motifs is 1. The van der Waals surface area contributed by atoms with Crippen LogP contribution in [0, 0.1) is 0 Å². The summed E-state index contributed by atoms with van der Waals surface area (Å²) in [6.07, 6.45) is 0.323. The molecule has 2 unspecified atom stereocenters. The summed E-state index contributed by atoms with van der Waals surface area (Å²) < 4.78 is 11.1. The molecule has 2 aromatic carbocycles. The molecule has 0 amide bonds. The molecule has 146 valence electrons. The third-order valence-electron chi connectivity index (χ3n) is 4.91. The van der Waals surface area contributed by atoms with Gasteiger partial charge in [-0.3, -0.25) is 0 Å². The summed E-state index contributed by atoms with van der Waals surface area (Å²) in [7, 11) is 1.68. The summed E-state index contributed by atoms with van der Waals surface area (Å²) in [5, 5.41) is 4.52. The minimum absolute atomic E-state index is 0.162. The number of nitrogens with zero attached hydrogens (tertiary/aromatic N) is 3. The molecule has 6 nitrogen and oxygen atoms in total. The van der Waals surface area contributed by atoms with Crippen LogP contribution in [0.15, 0.2) is 48.5 Å². The van der Waals surface area contributed by atoms with Gasteiger partial charge in [-0.2, -0.15) is 4.98 Å². The number of anilines is 2. The summed E-state index contributed by atoms with van der Waals surface area (Å²) in [4.78, 5) is 11.9. The molecular weight excluding hydrogens is 352 g/mol. The molecule has 0 spiro atoms. The number of benzene rings is 2. The van der Waals surface area contributed by atoms with Gasteiger partial charge >= 0.3 is 0 Å². The van der Waals surface area contributed by atoms with Gasteiger partial charge in [0.2, 0.25) is 5.95 Å². The maximum atomic E-state index is 5.86. The van der Waals surface area contributed by atoms with Crippen LogP contribution in [0.4, 0.5) is 11.8 Å². The predicted molar refractivity (Wildman–Crippen MR) is 112 cm³/mol. The molecule has 1 aliphatic heterocycles. The number of rotatable bonds is 5. The monoisotopic (exact) mass is 378 g/mol. The summed E-state index contributed by atoms with van der Waals surface area (Å²) in [5.41, 5.74) is 2.11. The Morgan fingerprint density at radius 3 is 2.46 bits per heavy atom. The van der Waals surface area contributed by atoms with Crippen LogP contribution in [0.1, 0.15) is 19.4 Å². The van der Waals surface area contributed by atoms with Crippen LogP contribution >= 0.6 is 0 Å². The second-order valence-electron chi connectivity index (χ2n) is 7.25. The lowest BCUT2D eigenvalue weighted by Gasteiger charge is -2.35. The molecule has 1 aliphatic rings. The normalized spacial score (nSPS) is 19.6. The van der Waals surface area contributed by atoms with E-state index in [4.69, 9.17) is 19.4 Å². The van der Waals surface area contributed by atoms with Crippen molar-refractivity contribution < 1.29 is 9.47 Å². The molecule has 0 radical (unpaired) electrons. The van der Waals surface area contributed by atoms with Gasteiger partial charge < -0.3 is 19.7 Å². The first kappa shape index (κ1) is 18.5. The Labute approximate surface area is 165 Å². The smallest absolute Gasteiger partial charge is 0.228 e. The molecule has 0 aliphatic carbocycles. The highest BCUT2D eigenvalue weighted by Gasteiger charge is 2.24. The Balaban J connectivity index is 1.62. The van der Waals surface area contributed by atoms with Crippen LogP contribution in [-0.2, 0) is 11.3 Å². The highest BCUT2D eigenvalue weighted by atomic mass is 16.5. The Morgan fingerprint density at radius 1 is 1.04 bits per heavy atom. The van der Waals surface area contributed by atoms with Gasteiger partial charge in [-0.25, -0.2) is 4.98 Å². The molecule has 1 saturated heterocycles. The highest BCUT2D eigenvalue weighted by Crippen LogP contribution is 2.26. The van der Waals surface area contributed by atoms with E-state index in [0.29, 0.717) is 6.54 Å². The van der Waals surface area contributed by atoms with Crippen molar-refractivity contribution in [1.29, 1.82) is 0 Å². The zero-order valence-electron chi connectivity index (χ0n) is 16.6. The number of hydrogen-bond donors (Lipinski definition) is 1. The maximum absolute atomic E-state index is 5.86. The standard InChI is InChI=1S/C22H26N4O2/c1-15-13-26(14-16(2)28-15)22-24-20-7-5-4-6-19(20)21(25-22)23-12-17-8-10-18(27-3)11-9-17/h4-11,15-16H,12-14H2,1-3H3,(H,23,24,25). The largest absolute Gasteiger partial charge is 0.497 e. The van der Waals surface area contributed by atoms with Crippen molar-refractivity contribution >= 4 is 22.7 Å². The molecule has 2 heterocycles. The van der Waals surface area contributed by atoms with Crippen molar-refractivity contribution in [2.45, 2.75) is 32.6 Å². The number of morpholine rings is 1. The summed E-state index contributed by atoms with van der Waals surface area (Å²) >= 11 is 0. The number of hydrogen-bond acceptors (Lipinski definition) is 6. The first-order valence-electron chi connectivity index (χ1n) is 9.66. The number of methoxy groups -OCH3 is 1. The average Bonchev–Trinajstić information content (AvgIpc) is 2.71. The molecule has 1 fully saturated rings. The van der Waals surface area contributed by atoms with Gasteiger partial charge in [0.25, 0.3) is 0 Å². The lowest BCUT2D eigenvalue weighted by molar-refractivity contribution is -0.00569. The highest BCUT2D eigenvalue weighted by molar-refractivity contribution is 5.90. The number of para-hydroxylation sites is 1. The van der Waals surface area contributed by atoms with E-state index in [2.05, 4.69) is 42.3 Å². The zero-order valence-corrected chi connectivity index (χ0v) is 16.6. The van der Waals surface area contributed by atoms with Crippen LogP contribution in [0.5, 0.6) is 5.75 Å². The molecule has 2 atom stereocenters. The minimum Gasteiger partial charge on any atom is -0.497 e. The van der Waals surface area contributed by atoms with Gasteiger partial charge in [0, 0.05) is 25.0 Å². The predicted octanol–water partition coefficient (Wildman–Crippen LogP) is 3.86. The zero-order chi connectivity index (χ0) is 19.5. The van der Waals surface area contributed by atoms with E-state index in [1.165, 1.54) is 5.56 Å². The molecule has 1 N–H and O–H groups in total. The van der Waals surface area contributed by atoms with E-state index in [0.717, 1.165) is 41.5 Å². The van der Waals surface area contributed by atoms with Crippen molar-refractivity contribution in [3.8, 4) is 5.75 Å². The molecule has 0 bridgehead atoms. The van der Waals surface area contributed by atoms with Gasteiger partial charge in [0.1, 0.15) is 11.6 Å². The van der Waals surface area contributed by atoms with Crippen LogP contribution in [0.2, 0.25) is 0 Å². The van der Waals surface area contributed by atoms with E-state index in [9.17, 15) is 0 Å². The molecule has 6 heteroatoms. The van der Waals surface area contributed by atoms with E-state index in [1.807, 2.05) is 30.3 Å². The van der Waals surface area contributed by atoms with E-state index in [1.54, 1.807) is 7.11 Å². The van der Waals surface area contributed by atoms with Crippen LogP contribution in [0.25, 0.3) is 10.9 Å². The third kappa shape index (κ3) is 4.02. The molecule has 28 heavy (non-hydrogen) atoms. The maximum Gasteiger partial charge on any atom is 0.228 e. The molecule has 0 saturated carbocycles. The van der Waals surface area contributed by atoms with Crippen LogP contribution in [-0.4, -0.2) is 42.4 Å². The van der Waals surface area contributed by atoms with Gasteiger partial charge in [-0.15, -0.1) is 0 Å². The van der Waals surface area contributed by atoms with Crippen LogP contribution < -0.4 is 15.0 Å². The topological polar surface area (TPSA) is 59.5 Å². The Hall–Kier alpha value is -2.86. The number of nitrogens with one attached hydrogen (secondary N) is 1. The van der Waals surface area contributed by atoms with Crippen molar-refractivity contribution in [3.05, 3.63) is 54.1 Å². The first-order valence-corrected chi connectivity index (χ1v) is 9.66. The van der Waals surface area contributed by atoms with Gasteiger partial charge in [-0.05, 0) is 43.7 Å². The van der Waals surface area contributed by atoms with E-state index < -0.39 is 0 Å². The van der Waals surface area contributed by atoms with E-state index >= 15 is 0 Å². The molecule has 3 aromatic rings. The Kier molecular flexibility index (Phi) is 5.30. The van der Waals surface area contributed by atoms with Crippen molar-refractivity contribution in [1.82, 2.24) is 9.97 Å². The quantitative estimate of drug-likeness (QED) is 0.727. The fourth-order valence-corrected chi connectivity index (χ4v) is 3.61. The van der Waals surface area contributed by atoms with Crippen molar-refractivity contribution in [2.24, 2.45) is 0 Å². The number of ether oxygens (including phenoxy) is 2. The summed E-state index contributed by atoms with van der Waals surface area (Å²) in [5.74, 6) is 2.45. The van der Waals surface area contributed by atoms with Gasteiger partial charge in [0.15, 0.2) is 0 Å². The van der Waals surface area contributed by atoms with E-state index in [-0.39, 0.29) is 12.2 Å². The Bertz CT molecular complexity index is 935. The molecular formula is C22H26N4O2. The molecule has 1 aromatic heterocycles. The fraction of sp³-hybridized carbons (Fsp3) is 0.364. The van der Waals surface area contributed by atoms with Crippen LogP contribution in [0.3, 0.4) is 0 Å². The van der Waals surface area contributed by atoms with Crippen molar-refractivity contribution in [2.75, 3.05) is 30.4 Å². The lowest BCUT2D eigenvalue weighted by atomic mass is 10.2. The average molecular weight is 378 g/mol. The molecule has 4 rings (SSSR count). The summed E-state index contributed by atoms with van der Waals surface area (Å²) in [6.45, 7) is 6.45. The second-order valence-corrected chi connectivity index (χ2v) is 7.25. The fourth-order valence-electron chi connectivity index (χ4n) is 3.61. The summed E-state index contributed by atoms with van der Waals surface area (Å²) in [6, 6.07) is 16.2. The minimum atomic E-state index is 0.162.